The minimum Gasteiger partial charge on any atom is -0.497 e. The van der Waals surface area contributed by atoms with Gasteiger partial charge in [0, 0.05) is 18.3 Å². The van der Waals surface area contributed by atoms with Gasteiger partial charge in [-0.05, 0) is 30.7 Å². The molecule has 0 aliphatic heterocycles. The number of benzene rings is 2. The number of urea groups is 1. The van der Waals surface area contributed by atoms with Crippen LogP contribution in [0.4, 0.5) is 16.2 Å². The molecule has 0 saturated heterocycles. The fourth-order valence-corrected chi connectivity index (χ4v) is 2.25. The van der Waals surface area contributed by atoms with Crippen LogP contribution < -0.4 is 20.7 Å². The molecule has 6 heteroatoms. The first-order valence-electron chi connectivity index (χ1n) is 8.23. The molecule has 0 aliphatic carbocycles. The third kappa shape index (κ3) is 5.53. The lowest BCUT2D eigenvalue weighted by Gasteiger charge is -2.12. The smallest absolute Gasteiger partial charge is 0.323 e. The summed E-state index contributed by atoms with van der Waals surface area (Å²) in [6.45, 7) is 2.67. The van der Waals surface area contributed by atoms with Crippen molar-refractivity contribution in [3.63, 3.8) is 0 Å². The Morgan fingerprint density at radius 1 is 1.04 bits per heavy atom. The summed E-state index contributed by atoms with van der Waals surface area (Å²) in [5, 5.41) is 8.29. The van der Waals surface area contributed by atoms with Gasteiger partial charge >= 0.3 is 6.03 Å². The molecule has 0 unspecified atom stereocenters. The second-order valence-corrected chi connectivity index (χ2v) is 5.47. The molecule has 0 saturated carbocycles. The van der Waals surface area contributed by atoms with Crippen LogP contribution in [0.2, 0.25) is 0 Å². The van der Waals surface area contributed by atoms with Crippen LogP contribution in [0, 0.1) is 0 Å². The Morgan fingerprint density at radius 2 is 1.84 bits per heavy atom. The van der Waals surface area contributed by atoms with Gasteiger partial charge in [-0.15, -0.1) is 0 Å². The van der Waals surface area contributed by atoms with Crippen molar-refractivity contribution in [2.24, 2.45) is 0 Å². The van der Waals surface area contributed by atoms with E-state index in [0.717, 1.165) is 12.8 Å². The van der Waals surface area contributed by atoms with Gasteiger partial charge in [0.05, 0.1) is 18.4 Å². The molecule has 2 rings (SSSR count). The number of ether oxygens (including phenoxy) is 1. The molecule has 3 N–H and O–H groups in total. The average molecular weight is 341 g/mol. The van der Waals surface area contributed by atoms with E-state index in [4.69, 9.17) is 4.74 Å². The lowest BCUT2D eigenvalue weighted by molar-refractivity contribution is 0.0954. The number of para-hydroxylation sites is 1. The number of carbonyl (C=O) groups is 2. The third-order valence-electron chi connectivity index (χ3n) is 3.56. The number of rotatable bonds is 7. The fraction of sp³-hybridized carbons (Fsp3) is 0.263. The van der Waals surface area contributed by atoms with E-state index < -0.39 is 6.03 Å². The number of nitrogens with one attached hydrogen (secondary N) is 3. The quantitative estimate of drug-likeness (QED) is 0.669. The van der Waals surface area contributed by atoms with Crippen LogP contribution in [-0.4, -0.2) is 25.6 Å². The maximum absolute atomic E-state index is 12.3. The molecule has 0 bridgehead atoms. The largest absolute Gasteiger partial charge is 0.497 e. The van der Waals surface area contributed by atoms with Crippen molar-refractivity contribution in [3.05, 3.63) is 54.1 Å². The molecule has 2 aromatic carbocycles. The lowest BCUT2D eigenvalue weighted by atomic mass is 10.1. The Kier molecular flexibility index (Phi) is 6.83. The van der Waals surface area contributed by atoms with Crippen molar-refractivity contribution in [2.75, 3.05) is 24.3 Å². The maximum Gasteiger partial charge on any atom is 0.323 e. The number of methoxy groups -OCH3 is 1. The van der Waals surface area contributed by atoms with E-state index >= 15 is 0 Å². The van der Waals surface area contributed by atoms with Crippen molar-refractivity contribution in [1.82, 2.24) is 5.32 Å². The molecule has 0 aromatic heterocycles. The molecule has 0 heterocycles. The Labute approximate surface area is 147 Å². The van der Waals surface area contributed by atoms with Gasteiger partial charge in [-0.3, -0.25) is 4.79 Å². The monoisotopic (exact) mass is 341 g/mol. The predicted molar refractivity (Wildman–Crippen MR) is 99.3 cm³/mol. The van der Waals surface area contributed by atoms with Gasteiger partial charge in [0.15, 0.2) is 0 Å². The minimum absolute atomic E-state index is 0.203. The molecule has 0 aliphatic rings. The van der Waals surface area contributed by atoms with Gasteiger partial charge in [-0.25, -0.2) is 4.79 Å². The van der Waals surface area contributed by atoms with Crippen LogP contribution >= 0.6 is 0 Å². The highest BCUT2D eigenvalue weighted by Crippen LogP contribution is 2.18. The van der Waals surface area contributed by atoms with Crippen molar-refractivity contribution in [2.45, 2.75) is 19.8 Å². The second kappa shape index (κ2) is 9.32. The van der Waals surface area contributed by atoms with E-state index in [0.29, 0.717) is 29.2 Å². The molecule has 3 amide bonds. The highest BCUT2D eigenvalue weighted by molar-refractivity contribution is 6.06. The molecule has 0 fully saturated rings. The number of carbonyl (C=O) groups excluding carboxylic acids is 2. The first-order valence-corrected chi connectivity index (χ1v) is 8.23. The summed E-state index contributed by atoms with van der Waals surface area (Å²) < 4.78 is 5.13. The van der Waals surface area contributed by atoms with Crippen LogP contribution in [0.3, 0.4) is 0 Å². The van der Waals surface area contributed by atoms with Gasteiger partial charge in [0.2, 0.25) is 0 Å². The molecule has 132 valence electrons. The van der Waals surface area contributed by atoms with Crippen LogP contribution in [0.1, 0.15) is 30.1 Å². The van der Waals surface area contributed by atoms with Crippen LogP contribution in [0.25, 0.3) is 0 Å². The molecular formula is C19H23N3O3. The zero-order valence-corrected chi connectivity index (χ0v) is 14.5. The SMILES string of the molecule is CCCCNC(=O)c1ccccc1NC(=O)Nc1cccc(OC)c1. The summed E-state index contributed by atoms with van der Waals surface area (Å²) in [5.41, 5.74) is 1.48. The number of unbranched alkanes of at least 4 members (excludes halogenated alkanes) is 1. The lowest BCUT2D eigenvalue weighted by Crippen LogP contribution is -2.27. The van der Waals surface area contributed by atoms with E-state index in [1.54, 1.807) is 55.6 Å². The van der Waals surface area contributed by atoms with Gasteiger partial charge in [0.1, 0.15) is 5.75 Å². The molecule has 0 radical (unpaired) electrons. The molecule has 2 aromatic rings. The predicted octanol–water partition coefficient (Wildman–Crippen LogP) is 3.87. The Morgan fingerprint density at radius 3 is 2.60 bits per heavy atom. The molecule has 0 atom stereocenters. The van der Waals surface area contributed by atoms with E-state index in [1.807, 2.05) is 0 Å². The summed E-state index contributed by atoms with van der Waals surface area (Å²) >= 11 is 0. The molecule has 25 heavy (non-hydrogen) atoms. The average Bonchev–Trinajstić information content (AvgIpc) is 2.62. The van der Waals surface area contributed by atoms with Crippen molar-refractivity contribution >= 4 is 23.3 Å². The minimum atomic E-state index is -0.429. The standard InChI is InChI=1S/C19H23N3O3/c1-3-4-12-20-18(23)16-10-5-6-11-17(16)22-19(24)21-14-8-7-9-15(13-14)25-2/h5-11,13H,3-4,12H2,1-2H3,(H,20,23)(H2,21,22,24). The zero-order valence-electron chi connectivity index (χ0n) is 14.5. The summed E-state index contributed by atoms with van der Waals surface area (Å²) in [4.78, 5) is 24.5. The number of anilines is 2. The zero-order chi connectivity index (χ0) is 18.1. The van der Waals surface area contributed by atoms with Crippen molar-refractivity contribution in [3.8, 4) is 5.75 Å². The third-order valence-corrected chi connectivity index (χ3v) is 3.56. The molecule has 6 nitrogen and oxygen atoms in total. The van der Waals surface area contributed by atoms with Crippen LogP contribution in [0.5, 0.6) is 5.75 Å². The van der Waals surface area contributed by atoms with Gasteiger partial charge in [-0.2, -0.15) is 0 Å². The molecule has 0 spiro atoms. The maximum atomic E-state index is 12.3. The Hall–Kier alpha value is -3.02. The summed E-state index contributed by atoms with van der Waals surface area (Å²) in [6, 6.07) is 13.5. The van der Waals surface area contributed by atoms with Crippen molar-refractivity contribution < 1.29 is 14.3 Å². The highest BCUT2D eigenvalue weighted by Gasteiger charge is 2.12. The topological polar surface area (TPSA) is 79.5 Å². The summed E-state index contributed by atoms with van der Waals surface area (Å²) in [5.74, 6) is 0.444. The Balaban J connectivity index is 2.04. The first kappa shape index (κ1) is 18.3. The Bertz CT molecular complexity index is 731. The number of hydrogen-bond acceptors (Lipinski definition) is 3. The molecular weight excluding hydrogens is 318 g/mol. The van der Waals surface area contributed by atoms with Gasteiger partial charge < -0.3 is 20.7 Å². The summed E-state index contributed by atoms with van der Waals surface area (Å²) in [7, 11) is 1.56. The number of amides is 3. The number of hydrogen-bond donors (Lipinski definition) is 3. The van der Waals surface area contributed by atoms with E-state index in [1.165, 1.54) is 0 Å². The van der Waals surface area contributed by atoms with E-state index in [-0.39, 0.29) is 5.91 Å². The van der Waals surface area contributed by atoms with Gasteiger partial charge in [0.25, 0.3) is 5.91 Å². The van der Waals surface area contributed by atoms with E-state index in [9.17, 15) is 9.59 Å². The normalized spacial score (nSPS) is 10.0. The highest BCUT2D eigenvalue weighted by atomic mass is 16.5. The van der Waals surface area contributed by atoms with E-state index in [2.05, 4.69) is 22.9 Å². The second-order valence-electron chi connectivity index (χ2n) is 5.47. The first-order chi connectivity index (χ1) is 12.1. The van der Waals surface area contributed by atoms with Gasteiger partial charge in [-0.1, -0.05) is 31.5 Å². The van der Waals surface area contributed by atoms with Crippen molar-refractivity contribution in [1.29, 1.82) is 0 Å². The fourth-order valence-electron chi connectivity index (χ4n) is 2.25. The van der Waals surface area contributed by atoms with Crippen LogP contribution in [0.15, 0.2) is 48.5 Å². The summed E-state index contributed by atoms with van der Waals surface area (Å²) in [6.07, 6.45) is 1.92. The van der Waals surface area contributed by atoms with Crippen LogP contribution in [-0.2, 0) is 0 Å².